The molecule has 0 N–H and O–H groups in total. The van der Waals surface area contributed by atoms with E-state index < -0.39 is 5.67 Å². The molecular formula is C11H14ClF. The highest BCUT2D eigenvalue weighted by Gasteiger charge is 2.23. The summed E-state index contributed by atoms with van der Waals surface area (Å²) in [5.41, 5.74) is -0.516. The maximum Gasteiger partial charge on any atom is 0.133 e. The van der Waals surface area contributed by atoms with Gasteiger partial charge < -0.3 is 0 Å². The third-order valence-electron chi connectivity index (χ3n) is 2.17. The van der Waals surface area contributed by atoms with Crippen molar-refractivity contribution < 1.29 is 4.39 Å². The lowest BCUT2D eigenvalue weighted by Gasteiger charge is -2.19. The van der Waals surface area contributed by atoms with Crippen LogP contribution in [0.1, 0.15) is 32.3 Å². The second-order valence-corrected chi connectivity index (χ2v) is 3.89. The Bertz CT molecular complexity index is 264. The van der Waals surface area contributed by atoms with Gasteiger partial charge in [-0.3, -0.25) is 0 Å². The predicted molar refractivity (Wildman–Crippen MR) is 54.8 cm³/mol. The molecule has 0 spiro atoms. The van der Waals surface area contributed by atoms with Crippen molar-refractivity contribution in [1.82, 2.24) is 0 Å². The molecule has 0 heterocycles. The summed E-state index contributed by atoms with van der Waals surface area (Å²) in [5.74, 6) is 0. The topological polar surface area (TPSA) is 0 Å². The molecule has 0 nitrogen and oxygen atoms in total. The van der Waals surface area contributed by atoms with E-state index in [4.69, 9.17) is 11.6 Å². The van der Waals surface area contributed by atoms with E-state index >= 15 is 0 Å². The van der Waals surface area contributed by atoms with Gasteiger partial charge in [-0.25, -0.2) is 4.39 Å². The quantitative estimate of drug-likeness (QED) is 0.682. The van der Waals surface area contributed by atoms with Gasteiger partial charge in [-0.2, -0.15) is 0 Å². The first-order valence-electron chi connectivity index (χ1n) is 4.51. The summed E-state index contributed by atoms with van der Waals surface area (Å²) < 4.78 is 13.9. The molecule has 0 radical (unpaired) electrons. The van der Waals surface area contributed by atoms with E-state index in [1.54, 1.807) is 31.2 Å². The highest BCUT2D eigenvalue weighted by Crippen LogP contribution is 2.30. The Morgan fingerprint density at radius 2 is 1.85 bits per heavy atom. The summed E-state index contributed by atoms with van der Waals surface area (Å²) in [4.78, 5) is 0. The molecule has 0 saturated heterocycles. The molecule has 1 aromatic rings. The summed E-state index contributed by atoms with van der Waals surface area (Å²) in [7, 11) is 0. The molecule has 0 aliphatic carbocycles. The molecule has 1 unspecified atom stereocenters. The van der Waals surface area contributed by atoms with Gasteiger partial charge in [-0.1, -0.05) is 37.1 Å². The zero-order valence-corrected chi connectivity index (χ0v) is 8.74. The van der Waals surface area contributed by atoms with Crippen LogP contribution in [0.2, 0.25) is 5.02 Å². The Morgan fingerprint density at radius 3 is 2.31 bits per heavy atom. The second-order valence-electron chi connectivity index (χ2n) is 3.45. The van der Waals surface area contributed by atoms with E-state index in [1.807, 2.05) is 6.92 Å². The predicted octanol–water partition coefficient (Wildman–Crippen LogP) is 4.32. The minimum absolute atomic E-state index is 0.550. The number of rotatable bonds is 3. The molecule has 0 aromatic heterocycles. The minimum Gasteiger partial charge on any atom is -0.239 e. The maximum absolute atomic E-state index is 13.9. The molecule has 0 aliphatic heterocycles. The van der Waals surface area contributed by atoms with Gasteiger partial charge in [0.2, 0.25) is 0 Å². The van der Waals surface area contributed by atoms with Crippen LogP contribution in [0.5, 0.6) is 0 Å². The summed E-state index contributed by atoms with van der Waals surface area (Å²) in [5, 5.41) is 0.649. The summed E-state index contributed by atoms with van der Waals surface area (Å²) in [6, 6.07) is 6.95. The van der Waals surface area contributed by atoms with Crippen molar-refractivity contribution >= 4 is 11.6 Å². The zero-order valence-electron chi connectivity index (χ0n) is 7.98. The van der Waals surface area contributed by atoms with E-state index in [2.05, 4.69) is 0 Å². The van der Waals surface area contributed by atoms with Crippen molar-refractivity contribution in [3.63, 3.8) is 0 Å². The minimum atomic E-state index is -1.22. The van der Waals surface area contributed by atoms with Crippen LogP contribution in [0, 0.1) is 0 Å². The van der Waals surface area contributed by atoms with Crippen molar-refractivity contribution in [2.75, 3.05) is 0 Å². The van der Waals surface area contributed by atoms with Crippen molar-refractivity contribution in [1.29, 1.82) is 0 Å². The average molecular weight is 201 g/mol. The smallest absolute Gasteiger partial charge is 0.133 e. The van der Waals surface area contributed by atoms with E-state index in [0.29, 0.717) is 17.0 Å². The number of benzene rings is 1. The molecule has 2 heteroatoms. The van der Waals surface area contributed by atoms with Crippen molar-refractivity contribution in [2.24, 2.45) is 0 Å². The molecule has 0 aliphatic rings. The van der Waals surface area contributed by atoms with Gasteiger partial charge in [0.05, 0.1) is 0 Å². The molecule has 1 atom stereocenters. The molecule has 1 aromatic carbocycles. The van der Waals surface area contributed by atoms with E-state index in [1.165, 1.54) is 0 Å². The van der Waals surface area contributed by atoms with Gasteiger partial charge in [-0.15, -0.1) is 0 Å². The lowest BCUT2D eigenvalue weighted by Crippen LogP contribution is -2.14. The van der Waals surface area contributed by atoms with E-state index in [0.717, 1.165) is 6.42 Å². The Morgan fingerprint density at radius 1 is 1.31 bits per heavy atom. The van der Waals surface area contributed by atoms with Crippen LogP contribution in [0.15, 0.2) is 24.3 Å². The Hall–Kier alpha value is -0.560. The van der Waals surface area contributed by atoms with Crippen molar-refractivity contribution in [2.45, 2.75) is 32.4 Å². The Kier molecular flexibility index (Phi) is 3.32. The van der Waals surface area contributed by atoms with Crippen LogP contribution < -0.4 is 0 Å². The van der Waals surface area contributed by atoms with Gasteiger partial charge >= 0.3 is 0 Å². The number of hydrogen-bond donors (Lipinski definition) is 0. The maximum atomic E-state index is 13.9. The first-order chi connectivity index (χ1) is 6.06. The lowest BCUT2D eigenvalue weighted by molar-refractivity contribution is 0.175. The SMILES string of the molecule is CCCC(C)(F)c1ccc(Cl)cc1. The molecule has 72 valence electrons. The van der Waals surface area contributed by atoms with Crippen LogP contribution in [0.3, 0.4) is 0 Å². The monoisotopic (exact) mass is 200 g/mol. The third-order valence-corrected chi connectivity index (χ3v) is 2.42. The van der Waals surface area contributed by atoms with E-state index in [-0.39, 0.29) is 0 Å². The summed E-state index contributed by atoms with van der Waals surface area (Å²) in [6.45, 7) is 3.59. The van der Waals surface area contributed by atoms with E-state index in [9.17, 15) is 4.39 Å². The van der Waals surface area contributed by atoms with Gasteiger partial charge in [0.1, 0.15) is 5.67 Å². The number of halogens is 2. The first kappa shape index (κ1) is 10.5. The molecule has 0 fully saturated rings. The lowest BCUT2D eigenvalue weighted by atomic mass is 9.93. The van der Waals surface area contributed by atoms with Crippen LogP contribution in [-0.4, -0.2) is 0 Å². The van der Waals surface area contributed by atoms with Gasteiger partial charge in [0.25, 0.3) is 0 Å². The fourth-order valence-electron chi connectivity index (χ4n) is 1.41. The Balaban J connectivity index is 2.87. The van der Waals surface area contributed by atoms with Crippen LogP contribution in [0.25, 0.3) is 0 Å². The van der Waals surface area contributed by atoms with Crippen LogP contribution in [-0.2, 0) is 5.67 Å². The largest absolute Gasteiger partial charge is 0.239 e. The van der Waals surface area contributed by atoms with Gasteiger partial charge in [-0.05, 0) is 31.0 Å². The third kappa shape index (κ3) is 2.70. The normalized spacial score (nSPS) is 15.4. The molecule has 13 heavy (non-hydrogen) atoms. The van der Waals surface area contributed by atoms with Crippen molar-refractivity contribution in [3.8, 4) is 0 Å². The fraction of sp³-hybridized carbons (Fsp3) is 0.455. The molecule has 0 amide bonds. The second kappa shape index (κ2) is 4.10. The van der Waals surface area contributed by atoms with Crippen LogP contribution >= 0.6 is 11.6 Å². The van der Waals surface area contributed by atoms with Crippen LogP contribution in [0.4, 0.5) is 4.39 Å². The molecule has 0 saturated carbocycles. The first-order valence-corrected chi connectivity index (χ1v) is 4.89. The van der Waals surface area contributed by atoms with Gasteiger partial charge in [0.15, 0.2) is 0 Å². The number of alkyl halides is 1. The standard InChI is InChI=1S/C11H14ClF/c1-3-8-11(2,13)9-4-6-10(12)7-5-9/h4-7H,3,8H2,1-2H3. The summed E-state index contributed by atoms with van der Waals surface area (Å²) in [6.07, 6.45) is 1.39. The summed E-state index contributed by atoms with van der Waals surface area (Å²) >= 11 is 5.72. The highest BCUT2D eigenvalue weighted by atomic mass is 35.5. The highest BCUT2D eigenvalue weighted by molar-refractivity contribution is 6.30. The number of hydrogen-bond acceptors (Lipinski definition) is 0. The Labute approximate surface area is 83.7 Å². The van der Waals surface area contributed by atoms with Gasteiger partial charge in [0, 0.05) is 5.02 Å². The fourth-order valence-corrected chi connectivity index (χ4v) is 1.54. The zero-order chi connectivity index (χ0) is 9.90. The van der Waals surface area contributed by atoms with Crippen molar-refractivity contribution in [3.05, 3.63) is 34.9 Å². The molecule has 0 bridgehead atoms. The molecular weight excluding hydrogens is 187 g/mol. The molecule has 1 rings (SSSR count). The average Bonchev–Trinajstić information content (AvgIpc) is 2.05.